The Morgan fingerprint density at radius 2 is 2.26 bits per heavy atom. The van der Waals surface area contributed by atoms with Crippen molar-refractivity contribution in [1.82, 2.24) is 4.98 Å². The topological polar surface area (TPSA) is 60.5 Å². The molecular formula is C13H14N2O3S. The van der Waals surface area contributed by atoms with Crippen molar-refractivity contribution in [2.75, 3.05) is 19.5 Å². The van der Waals surface area contributed by atoms with E-state index in [0.29, 0.717) is 5.69 Å². The Morgan fingerprint density at radius 3 is 3.00 bits per heavy atom. The summed E-state index contributed by atoms with van der Waals surface area (Å²) in [6.45, 7) is 0. The van der Waals surface area contributed by atoms with Gasteiger partial charge in [-0.2, -0.15) is 0 Å². The molecule has 0 aliphatic rings. The lowest BCUT2D eigenvalue weighted by atomic mass is 10.3. The monoisotopic (exact) mass is 278 g/mol. The summed E-state index contributed by atoms with van der Waals surface area (Å²) in [5.41, 5.74) is 1.58. The van der Waals surface area contributed by atoms with Gasteiger partial charge in [0, 0.05) is 17.1 Å². The quantitative estimate of drug-likeness (QED) is 0.852. The molecule has 5 nitrogen and oxygen atoms in total. The molecule has 1 aromatic heterocycles. The first-order valence-corrected chi connectivity index (χ1v) is 6.51. The number of hydrogen-bond donors (Lipinski definition) is 1. The largest absolute Gasteiger partial charge is 0.497 e. The number of rotatable bonds is 5. The van der Waals surface area contributed by atoms with E-state index in [1.807, 2.05) is 29.6 Å². The Kier molecular flexibility index (Phi) is 4.35. The molecule has 0 spiro atoms. The smallest absolute Gasteiger partial charge is 0.311 e. The summed E-state index contributed by atoms with van der Waals surface area (Å²) in [6.07, 6.45) is 0.187. The van der Waals surface area contributed by atoms with E-state index < -0.39 is 0 Å². The lowest BCUT2D eigenvalue weighted by molar-refractivity contribution is -0.139. The Labute approximate surface area is 115 Å². The van der Waals surface area contributed by atoms with E-state index in [1.165, 1.54) is 18.4 Å². The van der Waals surface area contributed by atoms with Crippen molar-refractivity contribution >= 4 is 28.1 Å². The Bertz CT molecular complexity index is 569. The Morgan fingerprint density at radius 1 is 1.42 bits per heavy atom. The molecule has 2 aromatic rings. The molecule has 0 saturated carbocycles. The van der Waals surface area contributed by atoms with E-state index in [4.69, 9.17) is 4.74 Å². The van der Waals surface area contributed by atoms with Gasteiger partial charge in [-0.15, -0.1) is 11.3 Å². The highest BCUT2D eigenvalue weighted by molar-refractivity contribution is 7.13. The van der Waals surface area contributed by atoms with Gasteiger partial charge in [0.2, 0.25) is 0 Å². The second-order valence-corrected chi connectivity index (χ2v) is 4.61. The number of esters is 1. The number of nitrogens with zero attached hydrogens (tertiary/aromatic N) is 1. The maximum Gasteiger partial charge on any atom is 0.311 e. The fourth-order valence-corrected chi connectivity index (χ4v) is 2.22. The van der Waals surface area contributed by atoms with Crippen LogP contribution in [0.2, 0.25) is 0 Å². The van der Waals surface area contributed by atoms with E-state index in [2.05, 4.69) is 15.0 Å². The third kappa shape index (κ3) is 3.69. The fourth-order valence-electron chi connectivity index (χ4n) is 1.49. The van der Waals surface area contributed by atoms with Crippen molar-refractivity contribution < 1.29 is 14.3 Å². The van der Waals surface area contributed by atoms with Gasteiger partial charge in [-0.05, 0) is 12.1 Å². The first-order chi connectivity index (χ1) is 9.21. The molecule has 0 bridgehead atoms. The molecule has 0 aliphatic heterocycles. The summed E-state index contributed by atoms with van der Waals surface area (Å²) in [5.74, 6) is 0.481. The number of anilines is 2. The Balaban J connectivity index is 2.04. The standard InChI is InChI=1S/C13H14N2O3S/c1-17-11-5-3-4-9(6-11)14-13-15-10(8-19-13)7-12(16)18-2/h3-6,8H,7H2,1-2H3,(H,14,15). The lowest BCUT2D eigenvalue weighted by Gasteiger charge is -2.04. The number of benzene rings is 1. The van der Waals surface area contributed by atoms with Crippen molar-refractivity contribution in [2.45, 2.75) is 6.42 Å². The molecule has 0 aliphatic carbocycles. The summed E-state index contributed by atoms with van der Waals surface area (Å²) < 4.78 is 9.75. The molecule has 0 saturated heterocycles. The highest BCUT2D eigenvalue weighted by Gasteiger charge is 2.07. The second-order valence-electron chi connectivity index (χ2n) is 3.75. The minimum Gasteiger partial charge on any atom is -0.497 e. The summed E-state index contributed by atoms with van der Waals surface area (Å²) in [5, 5.41) is 5.73. The van der Waals surface area contributed by atoms with Crippen LogP contribution in [0.25, 0.3) is 0 Å². The van der Waals surface area contributed by atoms with Crippen LogP contribution in [0.5, 0.6) is 5.75 Å². The van der Waals surface area contributed by atoms with Crippen molar-refractivity contribution in [3.63, 3.8) is 0 Å². The Hall–Kier alpha value is -2.08. The number of carbonyl (C=O) groups excluding carboxylic acids is 1. The lowest BCUT2D eigenvalue weighted by Crippen LogP contribution is -2.04. The van der Waals surface area contributed by atoms with E-state index in [1.54, 1.807) is 7.11 Å². The van der Waals surface area contributed by atoms with Crippen LogP contribution >= 0.6 is 11.3 Å². The van der Waals surface area contributed by atoms with Gasteiger partial charge in [0.15, 0.2) is 5.13 Å². The van der Waals surface area contributed by atoms with Crippen LogP contribution in [0, 0.1) is 0 Å². The minimum atomic E-state index is -0.293. The van der Waals surface area contributed by atoms with Gasteiger partial charge in [0.1, 0.15) is 5.75 Å². The van der Waals surface area contributed by atoms with E-state index in [0.717, 1.165) is 16.6 Å². The van der Waals surface area contributed by atoms with Crippen LogP contribution in [-0.2, 0) is 16.0 Å². The van der Waals surface area contributed by atoms with Gasteiger partial charge >= 0.3 is 5.97 Å². The third-order valence-electron chi connectivity index (χ3n) is 2.43. The fraction of sp³-hybridized carbons (Fsp3) is 0.231. The SMILES string of the molecule is COC(=O)Cc1csc(Nc2cccc(OC)c2)n1. The first-order valence-electron chi connectivity index (χ1n) is 5.63. The normalized spacial score (nSPS) is 10.0. The minimum absolute atomic E-state index is 0.187. The van der Waals surface area contributed by atoms with E-state index >= 15 is 0 Å². The average Bonchev–Trinajstić information content (AvgIpc) is 2.86. The number of thiazole rings is 1. The summed E-state index contributed by atoms with van der Waals surface area (Å²) in [4.78, 5) is 15.5. The molecule has 0 fully saturated rings. The van der Waals surface area contributed by atoms with Gasteiger partial charge in [-0.3, -0.25) is 4.79 Å². The van der Waals surface area contributed by atoms with E-state index in [9.17, 15) is 4.79 Å². The molecular weight excluding hydrogens is 264 g/mol. The van der Waals surface area contributed by atoms with Crippen LogP contribution < -0.4 is 10.1 Å². The third-order valence-corrected chi connectivity index (χ3v) is 3.23. The van der Waals surface area contributed by atoms with Gasteiger partial charge in [-0.1, -0.05) is 6.07 Å². The number of aromatic nitrogens is 1. The van der Waals surface area contributed by atoms with Crippen molar-refractivity contribution in [3.8, 4) is 5.75 Å². The van der Waals surface area contributed by atoms with Crippen molar-refractivity contribution in [2.24, 2.45) is 0 Å². The summed E-state index contributed by atoms with van der Waals surface area (Å²) in [7, 11) is 2.99. The number of carbonyl (C=O) groups is 1. The highest BCUT2D eigenvalue weighted by Crippen LogP contribution is 2.24. The van der Waals surface area contributed by atoms with Crippen LogP contribution in [-0.4, -0.2) is 25.2 Å². The van der Waals surface area contributed by atoms with Crippen LogP contribution in [0.3, 0.4) is 0 Å². The summed E-state index contributed by atoms with van der Waals surface area (Å²) in [6, 6.07) is 7.56. The molecule has 19 heavy (non-hydrogen) atoms. The number of hydrogen-bond acceptors (Lipinski definition) is 6. The molecule has 0 radical (unpaired) electrons. The van der Waals surface area contributed by atoms with Gasteiger partial charge in [-0.25, -0.2) is 4.98 Å². The molecule has 0 unspecified atom stereocenters. The van der Waals surface area contributed by atoms with Gasteiger partial charge in [0.05, 0.1) is 26.3 Å². The second kappa shape index (κ2) is 6.19. The maximum absolute atomic E-state index is 11.1. The molecule has 1 aromatic carbocycles. The maximum atomic E-state index is 11.1. The number of methoxy groups -OCH3 is 2. The zero-order valence-electron chi connectivity index (χ0n) is 10.7. The molecule has 2 rings (SSSR count). The predicted molar refractivity (Wildman–Crippen MR) is 74.1 cm³/mol. The first kappa shape index (κ1) is 13.4. The number of nitrogens with one attached hydrogen (secondary N) is 1. The molecule has 0 atom stereocenters. The highest BCUT2D eigenvalue weighted by atomic mass is 32.1. The van der Waals surface area contributed by atoms with Crippen LogP contribution in [0.4, 0.5) is 10.8 Å². The zero-order valence-corrected chi connectivity index (χ0v) is 11.5. The van der Waals surface area contributed by atoms with Crippen LogP contribution in [0.1, 0.15) is 5.69 Å². The zero-order chi connectivity index (χ0) is 13.7. The molecule has 1 heterocycles. The van der Waals surface area contributed by atoms with Crippen molar-refractivity contribution in [3.05, 3.63) is 35.3 Å². The average molecular weight is 278 g/mol. The van der Waals surface area contributed by atoms with E-state index in [-0.39, 0.29) is 12.4 Å². The van der Waals surface area contributed by atoms with Gasteiger partial charge < -0.3 is 14.8 Å². The number of ether oxygens (including phenoxy) is 2. The predicted octanol–water partition coefficient (Wildman–Crippen LogP) is 2.61. The molecule has 1 N–H and O–H groups in total. The van der Waals surface area contributed by atoms with Gasteiger partial charge in [0.25, 0.3) is 0 Å². The van der Waals surface area contributed by atoms with Crippen LogP contribution in [0.15, 0.2) is 29.6 Å². The molecule has 0 amide bonds. The summed E-state index contributed by atoms with van der Waals surface area (Å²) >= 11 is 1.44. The molecule has 100 valence electrons. The molecule has 6 heteroatoms. The van der Waals surface area contributed by atoms with Crippen molar-refractivity contribution in [1.29, 1.82) is 0 Å².